The molecule has 0 aliphatic heterocycles. The lowest BCUT2D eigenvalue weighted by Crippen LogP contribution is -2.12. The van der Waals surface area contributed by atoms with E-state index in [4.69, 9.17) is 4.74 Å². The van der Waals surface area contributed by atoms with Crippen LogP contribution < -0.4 is 10.1 Å². The zero-order valence-electron chi connectivity index (χ0n) is 11.8. The Labute approximate surface area is 128 Å². The van der Waals surface area contributed by atoms with Gasteiger partial charge in [0.1, 0.15) is 11.5 Å². The maximum absolute atomic E-state index is 12.4. The summed E-state index contributed by atoms with van der Waals surface area (Å²) >= 11 is 0. The van der Waals surface area contributed by atoms with E-state index in [2.05, 4.69) is 10.3 Å². The molecule has 0 atom stereocenters. The molecule has 0 aliphatic carbocycles. The minimum atomic E-state index is -0.224. The molecule has 22 heavy (non-hydrogen) atoms. The van der Waals surface area contributed by atoms with E-state index in [0.29, 0.717) is 22.7 Å². The number of ether oxygens (including phenoxy) is 1. The van der Waals surface area contributed by atoms with Gasteiger partial charge in [0.15, 0.2) is 0 Å². The lowest BCUT2D eigenvalue weighted by atomic mass is 10.2. The van der Waals surface area contributed by atoms with Gasteiger partial charge in [-0.15, -0.1) is 0 Å². The van der Waals surface area contributed by atoms with Gasteiger partial charge in [0.2, 0.25) is 0 Å². The summed E-state index contributed by atoms with van der Waals surface area (Å²) in [5.74, 6) is 0.977. The van der Waals surface area contributed by atoms with Gasteiger partial charge in [-0.2, -0.15) is 0 Å². The van der Waals surface area contributed by atoms with Gasteiger partial charge in [0.25, 0.3) is 5.91 Å². The predicted molar refractivity (Wildman–Crippen MR) is 85.1 cm³/mol. The number of para-hydroxylation sites is 2. The van der Waals surface area contributed by atoms with Crippen LogP contribution in [0, 0.1) is 0 Å². The molecular formula is C18H14N2O2. The topological polar surface area (TPSA) is 51.2 Å². The van der Waals surface area contributed by atoms with E-state index < -0.39 is 0 Å². The Hall–Kier alpha value is -3.14. The fourth-order valence-corrected chi connectivity index (χ4v) is 1.99. The quantitative estimate of drug-likeness (QED) is 0.786. The number of anilines is 1. The molecule has 0 saturated heterocycles. The summed E-state index contributed by atoms with van der Waals surface area (Å²) in [5, 5.41) is 2.83. The normalized spacial score (nSPS) is 10.0. The Morgan fingerprint density at radius 1 is 0.864 bits per heavy atom. The maximum Gasteiger partial charge on any atom is 0.259 e. The van der Waals surface area contributed by atoms with Crippen LogP contribution in [-0.2, 0) is 0 Å². The number of carbonyl (C=O) groups excluding carboxylic acids is 1. The van der Waals surface area contributed by atoms with Crippen molar-refractivity contribution in [3.63, 3.8) is 0 Å². The minimum absolute atomic E-state index is 0.224. The van der Waals surface area contributed by atoms with Crippen LogP contribution in [0.4, 0.5) is 5.69 Å². The van der Waals surface area contributed by atoms with Crippen molar-refractivity contribution in [3.8, 4) is 11.5 Å². The Bertz CT molecular complexity index is 758. The van der Waals surface area contributed by atoms with E-state index in [9.17, 15) is 4.79 Å². The average Bonchev–Trinajstić information content (AvgIpc) is 2.57. The lowest BCUT2D eigenvalue weighted by molar-refractivity contribution is 0.102. The van der Waals surface area contributed by atoms with Gasteiger partial charge in [-0.25, -0.2) is 0 Å². The summed E-state index contributed by atoms with van der Waals surface area (Å²) in [6.07, 6.45) is 3.25. The zero-order valence-corrected chi connectivity index (χ0v) is 11.8. The number of pyridine rings is 1. The monoisotopic (exact) mass is 290 g/mol. The zero-order chi connectivity index (χ0) is 15.2. The molecule has 4 nitrogen and oxygen atoms in total. The highest BCUT2D eigenvalue weighted by Gasteiger charge is 2.12. The molecule has 1 N–H and O–H groups in total. The molecular weight excluding hydrogens is 276 g/mol. The number of hydrogen-bond acceptors (Lipinski definition) is 3. The number of carbonyl (C=O) groups is 1. The second kappa shape index (κ2) is 6.54. The molecule has 1 heterocycles. The SMILES string of the molecule is O=C(Nc1ccncc1)c1ccccc1Oc1ccccc1. The van der Waals surface area contributed by atoms with E-state index in [1.807, 2.05) is 36.4 Å². The molecule has 108 valence electrons. The van der Waals surface area contributed by atoms with Crippen LogP contribution in [0.15, 0.2) is 79.1 Å². The molecule has 0 fully saturated rings. The highest BCUT2D eigenvalue weighted by molar-refractivity contribution is 6.06. The predicted octanol–water partition coefficient (Wildman–Crippen LogP) is 4.13. The van der Waals surface area contributed by atoms with Crippen LogP contribution in [0.25, 0.3) is 0 Å². The van der Waals surface area contributed by atoms with Gasteiger partial charge >= 0.3 is 0 Å². The molecule has 2 aromatic carbocycles. The molecule has 0 radical (unpaired) electrons. The molecule has 4 heteroatoms. The third-order valence-electron chi connectivity index (χ3n) is 3.04. The van der Waals surface area contributed by atoms with Crippen LogP contribution in [0.1, 0.15) is 10.4 Å². The molecule has 1 aromatic heterocycles. The average molecular weight is 290 g/mol. The summed E-state index contributed by atoms with van der Waals surface area (Å²) in [6, 6.07) is 20.0. The molecule has 0 aliphatic rings. The van der Waals surface area contributed by atoms with Crippen LogP contribution >= 0.6 is 0 Å². The number of hydrogen-bond donors (Lipinski definition) is 1. The second-order valence-electron chi connectivity index (χ2n) is 4.60. The van der Waals surface area contributed by atoms with Crippen molar-refractivity contribution in [1.82, 2.24) is 4.98 Å². The first-order chi connectivity index (χ1) is 10.8. The first-order valence-electron chi connectivity index (χ1n) is 6.86. The number of benzene rings is 2. The molecule has 3 aromatic rings. The van der Waals surface area contributed by atoms with Gasteiger partial charge in [-0.1, -0.05) is 30.3 Å². The fraction of sp³-hybridized carbons (Fsp3) is 0. The maximum atomic E-state index is 12.4. The molecule has 0 unspecified atom stereocenters. The first-order valence-corrected chi connectivity index (χ1v) is 6.86. The van der Waals surface area contributed by atoms with Crippen molar-refractivity contribution in [2.75, 3.05) is 5.32 Å². The van der Waals surface area contributed by atoms with Crippen molar-refractivity contribution in [1.29, 1.82) is 0 Å². The summed E-state index contributed by atoms with van der Waals surface area (Å²) in [4.78, 5) is 16.3. The summed E-state index contributed by atoms with van der Waals surface area (Å²) in [6.45, 7) is 0. The number of nitrogens with one attached hydrogen (secondary N) is 1. The van der Waals surface area contributed by atoms with Crippen molar-refractivity contribution in [2.24, 2.45) is 0 Å². The van der Waals surface area contributed by atoms with Crippen molar-refractivity contribution in [3.05, 3.63) is 84.7 Å². The van der Waals surface area contributed by atoms with Crippen LogP contribution in [-0.4, -0.2) is 10.9 Å². The summed E-state index contributed by atoms with van der Waals surface area (Å²) < 4.78 is 5.80. The third kappa shape index (κ3) is 3.30. The van der Waals surface area contributed by atoms with Gasteiger partial charge in [-0.05, 0) is 36.4 Å². The number of rotatable bonds is 4. The fourth-order valence-electron chi connectivity index (χ4n) is 1.99. The molecule has 0 spiro atoms. The van der Waals surface area contributed by atoms with E-state index in [0.717, 1.165) is 0 Å². The van der Waals surface area contributed by atoms with Gasteiger partial charge in [0.05, 0.1) is 5.56 Å². The molecule has 3 rings (SSSR count). The van der Waals surface area contributed by atoms with Crippen molar-refractivity contribution in [2.45, 2.75) is 0 Å². The van der Waals surface area contributed by atoms with Gasteiger partial charge in [0, 0.05) is 18.1 Å². The molecule has 0 bridgehead atoms. The first kappa shape index (κ1) is 13.8. The summed E-state index contributed by atoms with van der Waals surface area (Å²) in [7, 11) is 0. The van der Waals surface area contributed by atoms with Crippen molar-refractivity contribution >= 4 is 11.6 Å². The molecule has 1 amide bonds. The highest BCUT2D eigenvalue weighted by Crippen LogP contribution is 2.25. The van der Waals surface area contributed by atoms with E-state index in [1.165, 1.54) is 0 Å². The van der Waals surface area contributed by atoms with Gasteiger partial charge < -0.3 is 10.1 Å². The number of amides is 1. The lowest BCUT2D eigenvalue weighted by Gasteiger charge is -2.11. The second-order valence-corrected chi connectivity index (χ2v) is 4.60. The van der Waals surface area contributed by atoms with Crippen LogP contribution in [0.2, 0.25) is 0 Å². The van der Waals surface area contributed by atoms with Crippen LogP contribution in [0.5, 0.6) is 11.5 Å². The van der Waals surface area contributed by atoms with Crippen LogP contribution in [0.3, 0.4) is 0 Å². The van der Waals surface area contributed by atoms with Gasteiger partial charge in [-0.3, -0.25) is 9.78 Å². The van der Waals surface area contributed by atoms with E-state index in [-0.39, 0.29) is 5.91 Å². The minimum Gasteiger partial charge on any atom is -0.457 e. The number of aromatic nitrogens is 1. The third-order valence-corrected chi connectivity index (χ3v) is 3.04. The highest BCUT2D eigenvalue weighted by atomic mass is 16.5. The Balaban J connectivity index is 1.83. The summed E-state index contributed by atoms with van der Waals surface area (Å²) in [5.41, 5.74) is 1.16. The standard InChI is InChI=1S/C18H14N2O2/c21-18(20-14-10-12-19-13-11-14)16-8-4-5-9-17(16)22-15-6-2-1-3-7-15/h1-13H,(H,19,20,21). The Kier molecular flexibility index (Phi) is 4.11. The Morgan fingerprint density at radius 2 is 1.55 bits per heavy atom. The van der Waals surface area contributed by atoms with E-state index >= 15 is 0 Å². The smallest absolute Gasteiger partial charge is 0.259 e. The Morgan fingerprint density at radius 3 is 2.32 bits per heavy atom. The molecule has 0 saturated carbocycles. The van der Waals surface area contributed by atoms with Crippen molar-refractivity contribution < 1.29 is 9.53 Å². The number of nitrogens with zero attached hydrogens (tertiary/aromatic N) is 1. The van der Waals surface area contributed by atoms with E-state index in [1.54, 1.807) is 42.7 Å². The largest absolute Gasteiger partial charge is 0.457 e.